The highest BCUT2D eigenvalue weighted by atomic mass is 32.2. The van der Waals surface area contributed by atoms with Crippen molar-refractivity contribution >= 4 is 46.6 Å². The highest BCUT2D eigenvalue weighted by molar-refractivity contribution is 8.15. The summed E-state index contributed by atoms with van der Waals surface area (Å²) in [4.78, 5) is 36.4. The van der Waals surface area contributed by atoms with E-state index in [1.165, 1.54) is 6.21 Å². The molecule has 2 amide bonds. The van der Waals surface area contributed by atoms with Gasteiger partial charge < -0.3 is 15.4 Å². The molecular formula is C25H20N4O4S. The number of nitrogens with one attached hydrogen (secondary N) is 2. The molecule has 1 heterocycles. The van der Waals surface area contributed by atoms with Crippen LogP contribution in [0.15, 0.2) is 95.1 Å². The number of rotatable bonds is 7. The first-order valence-corrected chi connectivity index (χ1v) is 11.3. The molecule has 0 aliphatic carbocycles. The molecule has 34 heavy (non-hydrogen) atoms. The van der Waals surface area contributed by atoms with Crippen LogP contribution in [-0.2, 0) is 9.59 Å². The van der Waals surface area contributed by atoms with E-state index < -0.39 is 11.2 Å². The fourth-order valence-corrected chi connectivity index (χ4v) is 3.92. The molecule has 3 aromatic rings. The Labute approximate surface area is 200 Å². The van der Waals surface area contributed by atoms with Crippen LogP contribution < -0.4 is 15.4 Å². The molecule has 1 fully saturated rings. The number of thioether (sulfide) groups is 1. The van der Waals surface area contributed by atoms with Crippen molar-refractivity contribution in [2.24, 2.45) is 10.2 Å². The van der Waals surface area contributed by atoms with E-state index in [0.717, 1.165) is 17.3 Å². The molecule has 0 radical (unpaired) electrons. The van der Waals surface area contributed by atoms with Gasteiger partial charge in [0.05, 0.1) is 11.8 Å². The summed E-state index contributed by atoms with van der Waals surface area (Å²) < 4.78 is 5.34. The Kier molecular flexibility index (Phi) is 7.46. The van der Waals surface area contributed by atoms with E-state index in [1.54, 1.807) is 60.7 Å². The van der Waals surface area contributed by atoms with Gasteiger partial charge in [0.1, 0.15) is 11.0 Å². The number of anilines is 1. The predicted octanol–water partition coefficient (Wildman–Crippen LogP) is 3.86. The van der Waals surface area contributed by atoms with E-state index in [1.807, 2.05) is 24.3 Å². The van der Waals surface area contributed by atoms with E-state index in [4.69, 9.17) is 4.74 Å². The van der Waals surface area contributed by atoms with Crippen LogP contribution in [-0.4, -0.2) is 34.4 Å². The third-order valence-corrected chi connectivity index (χ3v) is 5.73. The lowest BCUT2D eigenvalue weighted by Crippen LogP contribution is -2.28. The zero-order valence-corrected chi connectivity index (χ0v) is 18.7. The van der Waals surface area contributed by atoms with Crippen molar-refractivity contribution in [3.63, 3.8) is 0 Å². The Balaban J connectivity index is 1.28. The zero-order chi connectivity index (χ0) is 23.8. The molecule has 4 rings (SSSR count). The number of esters is 1. The van der Waals surface area contributed by atoms with Gasteiger partial charge in [0, 0.05) is 12.1 Å². The lowest BCUT2D eigenvalue weighted by molar-refractivity contribution is -0.122. The molecule has 170 valence electrons. The van der Waals surface area contributed by atoms with Crippen molar-refractivity contribution in [2.45, 2.75) is 11.7 Å². The molecular weight excluding hydrogens is 452 g/mol. The topological polar surface area (TPSA) is 109 Å². The van der Waals surface area contributed by atoms with Gasteiger partial charge in [-0.05, 0) is 54.1 Å². The lowest BCUT2D eigenvalue weighted by Gasteiger charge is -2.06. The second-order valence-corrected chi connectivity index (χ2v) is 8.38. The molecule has 8 nitrogen and oxygen atoms in total. The Hall–Kier alpha value is -4.24. The number of benzene rings is 3. The van der Waals surface area contributed by atoms with Crippen molar-refractivity contribution in [3.05, 3.63) is 96.1 Å². The summed E-state index contributed by atoms with van der Waals surface area (Å²) in [5.41, 5.74) is 1.88. The standard InChI is InChI=1S/C25H20N4O4S/c30-22(27-19-9-5-2-6-10-19)15-21-23(31)28-25(34-21)29-26-16-17-11-13-20(14-12-17)33-24(32)18-7-3-1-4-8-18/h1-14,16,21H,15H2,(H,27,30)(H,28,29,31)/b26-16+. The maximum Gasteiger partial charge on any atom is 0.343 e. The third kappa shape index (κ3) is 6.39. The highest BCUT2D eigenvalue weighted by Gasteiger charge is 2.32. The first kappa shape index (κ1) is 22.9. The average Bonchev–Trinajstić information content (AvgIpc) is 3.20. The number of carbonyl (C=O) groups is 3. The normalized spacial score (nSPS) is 16.4. The summed E-state index contributed by atoms with van der Waals surface area (Å²) in [5, 5.41) is 13.2. The molecule has 1 atom stereocenters. The Morgan fingerprint density at radius 3 is 2.35 bits per heavy atom. The maximum absolute atomic E-state index is 12.2. The quantitative estimate of drug-likeness (QED) is 0.235. The minimum Gasteiger partial charge on any atom is -0.423 e. The van der Waals surface area contributed by atoms with Gasteiger partial charge in [-0.1, -0.05) is 48.2 Å². The number of carbonyl (C=O) groups excluding carboxylic acids is 3. The van der Waals surface area contributed by atoms with E-state index in [-0.39, 0.29) is 18.2 Å². The number of amidine groups is 1. The number of ether oxygens (including phenoxy) is 1. The number of amides is 2. The van der Waals surface area contributed by atoms with Gasteiger partial charge in [0.15, 0.2) is 5.17 Å². The van der Waals surface area contributed by atoms with Gasteiger partial charge in [0.2, 0.25) is 11.8 Å². The van der Waals surface area contributed by atoms with Crippen LogP contribution in [0.2, 0.25) is 0 Å². The number of para-hydroxylation sites is 1. The van der Waals surface area contributed by atoms with Gasteiger partial charge >= 0.3 is 5.97 Å². The van der Waals surface area contributed by atoms with E-state index in [0.29, 0.717) is 22.2 Å². The number of nitrogens with zero attached hydrogens (tertiary/aromatic N) is 2. The van der Waals surface area contributed by atoms with Crippen LogP contribution in [0.3, 0.4) is 0 Å². The summed E-state index contributed by atoms with van der Waals surface area (Å²) in [6, 6.07) is 24.6. The van der Waals surface area contributed by atoms with Crippen LogP contribution in [0.4, 0.5) is 5.69 Å². The summed E-state index contributed by atoms with van der Waals surface area (Å²) >= 11 is 1.16. The van der Waals surface area contributed by atoms with E-state index in [2.05, 4.69) is 20.8 Å². The molecule has 1 saturated heterocycles. The minimum absolute atomic E-state index is 0.0251. The Morgan fingerprint density at radius 2 is 1.65 bits per heavy atom. The lowest BCUT2D eigenvalue weighted by atomic mass is 10.2. The summed E-state index contributed by atoms with van der Waals surface area (Å²) in [6.07, 6.45) is 1.54. The van der Waals surface area contributed by atoms with Crippen molar-refractivity contribution < 1.29 is 19.1 Å². The minimum atomic E-state index is -0.573. The molecule has 0 spiro atoms. The van der Waals surface area contributed by atoms with Crippen LogP contribution in [0.25, 0.3) is 0 Å². The van der Waals surface area contributed by atoms with Crippen molar-refractivity contribution in [1.29, 1.82) is 0 Å². The summed E-state index contributed by atoms with van der Waals surface area (Å²) in [7, 11) is 0. The maximum atomic E-state index is 12.2. The molecule has 1 unspecified atom stereocenters. The van der Waals surface area contributed by atoms with Crippen LogP contribution >= 0.6 is 11.8 Å². The molecule has 0 saturated carbocycles. The van der Waals surface area contributed by atoms with Crippen LogP contribution in [0.1, 0.15) is 22.3 Å². The fraction of sp³-hybridized carbons (Fsp3) is 0.0800. The number of hydrogen-bond acceptors (Lipinski definition) is 7. The Bertz CT molecular complexity index is 1230. The third-order valence-electron chi connectivity index (χ3n) is 4.66. The van der Waals surface area contributed by atoms with Crippen LogP contribution in [0.5, 0.6) is 5.75 Å². The predicted molar refractivity (Wildman–Crippen MR) is 132 cm³/mol. The Morgan fingerprint density at radius 1 is 0.971 bits per heavy atom. The molecule has 0 bridgehead atoms. The largest absolute Gasteiger partial charge is 0.423 e. The van der Waals surface area contributed by atoms with Crippen molar-refractivity contribution in [3.8, 4) is 5.75 Å². The van der Waals surface area contributed by atoms with Crippen molar-refractivity contribution in [2.75, 3.05) is 5.32 Å². The highest BCUT2D eigenvalue weighted by Crippen LogP contribution is 2.23. The van der Waals surface area contributed by atoms with Crippen LogP contribution in [0, 0.1) is 0 Å². The first-order valence-electron chi connectivity index (χ1n) is 10.4. The molecule has 2 N–H and O–H groups in total. The van der Waals surface area contributed by atoms with Gasteiger partial charge in [0.25, 0.3) is 0 Å². The smallest absolute Gasteiger partial charge is 0.343 e. The summed E-state index contributed by atoms with van der Waals surface area (Å²) in [6.45, 7) is 0. The zero-order valence-electron chi connectivity index (χ0n) is 17.9. The van der Waals surface area contributed by atoms with Crippen molar-refractivity contribution in [1.82, 2.24) is 5.32 Å². The van der Waals surface area contributed by atoms with Gasteiger partial charge in [-0.3, -0.25) is 9.59 Å². The molecule has 1 aliphatic rings. The second kappa shape index (κ2) is 11.1. The SMILES string of the molecule is O=C(CC1S/C(=N/N=C/c2ccc(OC(=O)c3ccccc3)cc2)NC1=O)Nc1ccccc1. The average molecular weight is 473 g/mol. The van der Waals surface area contributed by atoms with E-state index in [9.17, 15) is 14.4 Å². The molecule has 9 heteroatoms. The summed E-state index contributed by atoms with van der Waals surface area (Å²) in [5.74, 6) is -0.564. The van der Waals surface area contributed by atoms with Gasteiger partial charge in [-0.2, -0.15) is 5.10 Å². The molecule has 1 aliphatic heterocycles. The first-order chi connectivity index (χ1) is 16.6. The van der Waals surface area contributed by atoms with Gasteiger partial charge in [-0.15, -0.1) is 5.10 Å². The second-order valence-electron chi connectivity index (χ2n) is 7.19. The van der Waals surface area contributed by atoms with E-state index >= 15 is 0 Å². The number of hydrogen-bond donors (Lipinski definition) is 2. The molecule has 3 aromatic carbocycles. The monoisotopic (exact) mass is 472 g/mol. The van der Waals surface area contributed by atoms with Gasteiger partial charge in [-0.25, -0.2) is 4.79 Å². The molecule has 0 aromatic heterocycles. The fourth-order valence-electron chi connectivity index (χ4n) is 3.00.